The molecule has 0 radical (unpaired) electrons. The summed E-state index contributed by atoms with van der Waals surface area (Å²) in [5, 5.41) is 27.1. The van der Waals surface area contributed by atoms with Crippen molar-refractivity contribution in [2.75, 3.05) is 6.61 Å². The molecule has 0 bridgehead atoms. The SMILES string of the molecule is CCOC(=O)C(O)C(O)c1cn[nH]c1-c1ccc(Cl)cc1. The summed E-state index contributed by atoms with van der Waals surface area (Å²) in [6, 6.07) is 6.86. The Morgan fingerprint density at radius 2 is 2.05 bits per heavy atom. The Morgan fingerprint density at radius 1 is 1.38 bits per heavy atom. The Morgan fingerprint density at radius 3 is 2.67 bits per heavy atom. The van der Waals surface area contributed by atoms with Gasteiger partial charge in [-0.1, -0.05) is 23.7 Å². The van der Waals surface area contributed by atoms with Crippen LogP contribution in [0.4, 0.5) is 0 Å². The smallest absolute Gasteiger partial charge is 0.338 e. The summed E-state index contributed by atoms with van der Waals surface area (Å²) in [4.78, 5) is 11.5. The van der Waals surface area contributed by atoms with Crippen molar-refractivity contribution in [1.29, 1.82) is 0 Å². The first-order valence-electron chi connectivity index (χ1n) is 6.36. The molecule has 6 nitrogen and oxygen atoms in total. The van der Waals surface area contributed by atoms with E-state index in [1.54, 1.807) is 31.2 Å². The predicted molar refractivity (Wildman–Crippen MR) is 76.6 cm³/mol. The zero-order valence-corrected chi connectivity index (χ0v) is 12.0. The lowest BCUT2D eigenvalue weighted by Crippen LogP contribution is -2.30. The molecule has 21 heavy (non-hydrogen) atoms. The normalized spacial score (nSPS) is 13.7. The van der Waals surface area contributed by atoms with Crippen molar-refractivity contribution in [3.05, 3.63) is 41.0 Å². The van der Waals surface area contributed by atoms with Crippen LogP contribution in [0.5, 0.6) is 0 Å². The van der Waals surface area contributed by atoms with Crippen LogP contribution in [0.15, 0.2) is 30.5 Å². The van der Waals surface area contributed by atoms with Crippen molar-refractivity contribution < 1.29 is 19.7 Å². The summed E-state index contributed by atoms with van der Waals surface area (Å²) in [6.07, 6.45) is -1.75. The van der Waals surface area contributed by atoms with Gasteiger partial charge in [-0.2, -0.15) is 5.10 Å². The van der Waals surface area contributed by atoms with E-state index in [4.69, 9.17) is 11.6 Å². The zero-order chi connectivity index (χ0) is 15.4. The molecular formula is C14H15ClN2O4. The molecule has 0 fully saturated rings. The number of hydrogen-bond acceptors (Lipinski definition) is 5. The highest BCUT2D eigenvalue weighted by molar-refractivity contribution is 6.30. The summed E-state index contributed by atoms with van der Waals surface area (Å²) in [6.45, 7) is 1.74. The molecule has 0 amide bonds. The lowest BCUT2D eigenvalue weighted by Gasteiger charge is -2.16. The first kappa shape index (κ1) is 15.5. The van der Waals surface area contributed by atoms with Gasteiger partial charge in [-0.05, 0) is 19.1 Å². The van der Waals surface area contributed by atoms with Crippen molar-refractivity contribution in [3.8, 4) is 11.3 Å². The number of aromatic amines is 1. The summed E-state index contributed by atoms with van der Waals surface area (Å²) in [5.41, 5.74) is 1.53. The Bertz CT molecular complexity index is 612. The van der Waals surface area contributed by atoms with E-state index >= 15 is 0 Å². The predicted octanol–water partition coefficient (Wildman–Crippen LogP) is 1.69. The van der Waals surface area contributed by atoms with E-state index in [2.05, 4.69) is 14.9 Å². The van der Waals surface area contributed by atoms with Crippen LogP contribution in [0.3, 0.4) is 0 Å². The van der Waals surface area contributed by atoms with Gasteiger partial charge < -0.3 is 14.9 Å². The minimum Gasteiger partial charge on any atom is -0.464 e. The van der Waals surface area contributed by atoms with Crippen molar-refractivity contribution in [2.45, 2.75) is 19.1 Å². The molecule has 0 saturated heterocycles. The minimum atomic E-state index is -1.67. The molecular weight excluding hydrogens is 296 g/mol. The maximum Gasteiger partial charge on any atom is 0.338 e. The summed E-state index contributed by atoms with van der Waals surface area (Å²) in [5.74, 6) is -0.881. The average Bonchev–Trinajstić information content (AvgIpc) is 2.96. The summed E-state index contributed by atoms with van der Waals surface area (Å²) >= 11 is 5.83. The van der Waals surface area contributed by atoms with E-state index in [1.807, 2.05) is 0 Å². The van der Waals surface area contributed by atoms with Crippen LogP contribution >= 0.6 is 11.6 Å². The molecule has 1 aromatic carbocycles. The molecule has 7 heteroatoms. The van der Waals surface area contributed by atoms with Gasteiger partial charge in [0.1, 0.15) is 6.10 Å². The molecule has 0 aliphatic heterocycles. The molecule has 0 aliphatic rings. The number of nitrogens with zero attached hydrogens (tertiary/aromatic N) is 1. The third-order valence-electron chi connectivity index (χ3n) is 2.95. The van der Waals surface area contributed by atoms with Gasteiger partial charge >= 0.3 is 5.97 Å². The number of H-pyrrole nitrogens is 1. The van der Waals surface area contributed by atoms with Crippen molar-refractivity contribution in [1.82, 2.24) is 10.2 Å². The van der Waals surface area contributed by atoms with Gasteiger partial charge in [0.05, 0.1) is 18.5 Å². The molecule has 0 saturated carbocycles. The van der Waals surface area contributed by atoms with Crippen molar-refractivity contribution in [2.24, 2.45) is 0 Å². The first-order chi connectivity index (χ1) is 10.0. The Balaban J connectivity index is 2.27. The third kappa shape index (κ3) is 3.41. The second kappa shape index (κ2) is 6.71. The lowest BCUT2D eigenvalue weighted by atomic mass is 10.0. The largest absolute Gasteiger partial charge is 0.464 e. The third-order valence-corrected chi connectivity index (χ3v) is 3.20. The van der Waals surface area contributed by atoms with E-state index in [9.17, 15) is 15.0 Å². The van der Waals surface area contributed by atoms with Crippen LogP contribution in [0.2, 0.25) is 5.02 Å². The zero-order valence-electron chi connectivity index (χ0n) is 11.3. The number of esters is 1. The van der Waals surface area contributed by atoms with Gasteiger partial charge in [-0.25, -0.2) is 4.79 Å². The number of benzene rings is 1. The molecule has 1 heterocycles. The van der Waals surface area contributed by atoms with Crippen molar-refractivity contribution >= 4 is 17.6 Å². The number of hydrogen-bond donors (Lipinski definition) is 3. The van der Waals surface area contributed by atoms with Crippen LogP contribution in [-0.2, 0) is 9.53 Å². The van der Waals surface area contributed by atoms with E-state index in [0.29, 0.717) is 16.3 Å². The molecule has 112 valence electrons. The second-order valence-corrected chi connectivity index (χ2v) is 4.79. The van der Waals surface area contributed by atoms with Crippen molar-refractivity contribution in [3.63, 3.8) is 0 Å². The van der Waals surface area contributed by atoms with Crippen LogP contribution in [0.25, 0.3) is 11.3 Å². The Kier molecular flexibility index (Phi) is 4.95. The lowest BCUT2D eigenvalue weighted by molar-refractivity contribution is -0.159. The minimum absolute atomic E-state index is 0.123. The number of aliphatic hydroxyl groups is 2. The number of ether oxygens (including phenoxy) is 1. The van der Waals surface area contributed by atoms with Crippen LogP contribution < -0.4 is 0 Å². The molecule has 2 atom stereocenters. The maximum atomic E-state index is 11.5. The summed E-state index contributed by atoms with van der Waals surface area (Å²) < 4.78 is 4.69. The number of nitrogens with one attached hydrogen (secondary N) is 1. The molecule has 0 spiro atoms. The van der Waals surface area contributed by atoms with E-state index in [-0.39, 0.29) is 6.61 Å². The quantitative estimate of drug-likeness (QED) is 0.730. The van der Waals surface area contributed by atoms with Gasteiger partial charge in [-0.3, -0.25) is 5.10 Å². The van der Waals surface area contributed by atoms with E-state index in [0.717, 1.165) is 5.56 Å². The molecule has 2 aromatic rings. The molecule has 3 N–H and O–H groups in total. The summed E-state index contributed by atoms with van der Waals surface area (Å²) in [7, 11) is 0. The highest BCUT2D eigenvalue weighted by atomic mass is 35.5. The van der Waals surface area contributed by atoms with Crippen LogP contribution in [-0.4, -0.2) is 39.1 Å². The number of aromatic nitrogens is 2. The Labute approximate surface area is 126 Å². The monoisotopic (exact) mass is 310 g/mol. The topological polar surface area (TPSA) is 95.4 Å². The first-order valence-corrected chi connectivity index (χ1v) is 6.74. The number of carbonyl (C=O) groups excluding carboxylic acids is 1. The average molecular weight is 311 g/mol. The maximum absolute atomic E-state index is 11.5. The number of halogens is 1. The van der Waals surface area contributed by atoms with Gasteiger partial charge in [0.25, 0.3) is 0 Å². The molecule has 0 aliphatic carbocycles. The second-order valence-electron chi connectivity index (χ2n) is 4.35. The van der Waals surface area contributed by atoms with Crippen LogP contribution in [0, 0.1) is 0 Å². The number of carbonyl (C=O) groups is 1. The molecule has 2 rings (SSSR count). The molecule has 1 aromatic heterocycles. The van der Waals surface area contributed by atoms with E-state index in [1.165, 1.54) is 6.20 Å². The van der Waals surface area contributed by atoms with Gasteiger partial charge in [0.2, 0.25) is 0 Å². The van der Waals surface area contributed by atoms with Crippen LogP contribution in [0.1, 0.15) is 18.6 Å². The fourth-order valence-electron chi connectivity index (χ4n) is 1.89. The van der Waals surface area contributed by atoms with Gasteiger partial charge in [-0.15, -0.1) is 0 Å². The van der Waals surface area contributed by atoms with Gasteiger partial charge in [0.15, 0.2) is 6.10 Å². The highest BCUT2D eigenvalue weighted by Crippen LogP contribution is 2.29. The number of rotatable bonds is 5. The van der Waals surface area contributed by atoms with E-state index < -0.39 is 18.2 Å². The number of aliphatic hydroxyl groups excluding tert-OH is 2. The molecule has 2 unspecified atom stereocenters. The standard InChI is InChI=1S/C14H15ClN2O4/c1-2-21-14(20)13(19)12(18)10-7-16-17-11(10)8-3-5-9(15)6-4-8/h3-7,12-13,18-19H,2H2,1H3,(H,16,17). The Hall–Kier alpha value is -1.89. The fraction of sp³-hybridized carbons (Fsp3) is 0.286. The highest BCUT2D eigenvalue weighted by Gasteiger charge is 2.29. The fourth-order valence-corrected chi connectivity index (χ4v) is 2.02. The van der Waals surface area contributed by atoms with Gasteiger partial charge in [0, 0.05) is 16.1 Å².